The lowest BCUT2D eigenvalue weighted by Crippen LogP contribution is -2.61. The van der Waals surface area contributed by atoms with Gasteiger partial charge in [-0.15, -0.1) is 0 Å². The van der Waals surface area contributed by atoms with Crippen molar-refractivity contribution in [3.05, 3.63) is 107 Å². The molecular formula is C39H49NO11. The maximum atomic E-state index is 12.6. The maximum absolute atomic E-state index is 12.6. The second-order valence-electron chi connectivity index (χ2n) is 12.9. The van der Waals surface area contributed by atoms with Gasteiger partial charge in [0.15, 0.2) is 12.4 Å². The molecule has 51 heavy (non-hydrogen) atoms. The number of allylic oxidation sites excluding steroid dienone is 2. The van der Waals surface area contributed by atoms with Gasteiger partial charge in [0.05, 0.1) is 13.2 Å². The van der Waals surface area contributed by atoms with Gasteiger partial charge in [-0.3, -0.25) is 5.32 Å². The van der Waals surface area contributed by atoms with Crippen molar-refractivity contribution in [2.24, 2.45) is 5.92 Å². The van der Waals surface area contributed by atoms with Crippen LogP contribution in [0.15, 0.2) is 90.5 Å². The number of hydrogen-bond donors (Lipinski definition) is 5. The molecule has 1 fully saturated rings. The first-order valence-electron chi connectivity index (χ1n) is 17.1. The monoisotopic (exact) mass is 707 g/mol. The molecule has 12 nitrogen and oxygen atoms in total. The number of nitrogens with one attached hydrogen (secondary N) is 1. The van der Waals surface area contributed by atoms with Crippen LogP contribution in [0.3, 0.4) is 0 Å². The predicted octanol–water partition coefficient (Wildman–Crippen LogP) is 5.75. The standard InChI is InChI=1S/C39H49NO11/c1-25(2)8-7-9-26(3)20-22-47-37(48-23-21-27-10-5-4-6-11-27)29-14-16-30(17-15-29)40-39(46)49-24-28-12-18-31(19-13-28)50-38-34(43)32(41)33(42)35(51-38)36(44)45/h4-6,8,10-19,26,32-35,37-38,41-43H,7,9,20-24H2,1-3H3,(H,40,46)(H,44,45)/t26?,32-,33-,34+,35-,37?,38+/m0/s1. The first-order chi connectivity index (χ1) is 24.5. The number of ether oxygens (including phenoxy) is 5. The number of aliphatic hydroxyl groups excluding tert-OH is 3. The molecule has 7 atom stereocenters. The summed E-state index contributed by atoms with van der Waals surface area (Å²) in [5.41, 5.74) is 4.49. The average Bonchev–Trinajstić information content (AvgIpc) is 3.11. The SMILES string of the molecule is CC(C)=CCCC(C)CCOC(OCCc1ccccc1)c1ccc(NC(=O)OCc2ccc(O[C@@H]3O[C@H](C(=O)O)[C@@H](O)[C@H](O)[C@H]3O)cc2)cc1. The van der Waals surface area contributed by atoms with Crippen LogP contribution < -0.4 is 10.1 Å². The number of carbonyl (C=O) groups is 2. The largest absolute Gasteiger partial charge is 0.479 e. The summed E-state index contributed by atoms with van der Waals surface area (Å²) in [6.07, 6.45) is -3.73. The summed E-state index contributed by atoms with van der Waals surface area (Å²) < 4.78 is 28.4. The Labute approximate surface area is 298 Å². The molecule has 0 spiro atoms. The van der Waals surface area contributed by atoms with E-state index in [0.29, 0.717) is 30.4 Å². The lowest BCUT2D eigenvalue weighted by Gasteiger charge is -2.38. The van der Waals surface area contributed by atoms with Gasteiger partial charge in [0.2, 0.25) is 6.29 Å². The average molecular weight is 708 g/mol. The van der Waals surface area contributed by atoms with E-state index < -0.39 is 49.1 Å². The molecule has 276 valence electrons. The van der Waals surface area contributed by atoms with Crippen LogP contribution in [0, 0.1) is 5.92 Å². The Morgan fingerprint density at radius 1 is 0.843 bits per heavy atom. The van der Waals surface area contributed by atoms with E-state index in [9.17, 15) is 30.0 Å². The van der Waals surface area contributed by atoms with Crippen LogP contribution in [-0.4, -0.2) is 76.4 Å². The molecule has 5 N–H and O–H groups in total. The van der Waals surface area contributed by atoms with Crippen LogP contribution in [-0.2, 0) is 36.8 Å². The quantitative estimate of drug-likeness (QED) is 0.0805. The number of amides is 1. The minimum absolute atomic E-state index is 0.0589. The molecule has 3 aromatic rings. The zero-order chi connectivity index (χ0) is 36.8. The molecule has 1 amide bonds. The first-order valence-corrected chi connectivity index (χ1v) is 17.1. The summed E-state index contributed by atoms with van der Waals surface area (Å²) in [5, 5.41) is 41.9. The van der Waals surface area contributed by atoms with E-state index in [4.69, 9.17) is 23.7 Å². The summed E-state index contributed by atoms with van der Waals surface area (Å²) in [5.74, 6) is -0.799. The van der Waals surface area contributed by atoms with Crippen molar-refractivity contribution in [3.8, 4) is 5.75 Å². The smallest absolute Gasteiger partial charge is 0.411 e. The van der Waals surface area contributed by atoms with Gasteiger partial charge >= 0.3 is 12.1 Å². The maximum Gasteiger partial charge on any atom is 0.411 e. The molecule has 1 aliphatic heterocycles. The van der Waals surface area contributed by atoms with Gasteiger partial charge in [0, 0.05) is 11.3 Å². The summed E-state index contributed by atoms with van der Waals surface area (Å²) in [4.78, 5) is 23.9. The molecule has 0 saturated carbocycles. The summed E-state index contributed by atoms with van der Waals surface area (Å²) in [7, 11) is 0. The second-order valence-corrected chi connectivity index (χ2v) is 12.9. The molecule has 4 rings (SSSR count). The highest BCUT2D eigenvalue weighted by Crippen LogP contribution is 2.26. The number of anilines is 1. The number of benzene rings is 3. The number of carbonyl (C=O) groups excluding carboxylic acids is 1. The minimum atomic E-state index is -1.82. The van der Waals surface area contributed by atoms with E-state index in [0.717, 1.165) is 31.2 Å². The third kappa shape index (κ3) is 12.8. The Bertz CT molecular complexity index is 1530. The lowest BCUT2D eigenvalue weighted by molar-refractivity contribution is -0.271. The fourth-order valence-corrected chi connectivity index (χ4v) is 5.32. The van der Waals surface area contributed by atoms with Crippen molar-refractivity contribution >= 4 is 17.7 Å². The third-order valence-electron chi connectivity index (χ3n) is 8.38. The number of carboxylic acids is 1. The lowest BCUT2D eigenvalue weighted by atomic mass is 9.99. The number of aliphatic hydroxyl groups is 3. The second kappa shape index (κ2) is 19.9. The molecule has 0 radical (unpaired) electrons. The molecule has 1 heterocycles. The van der Waals surface area contributed by atoms with Crippen molar-refractivity contribution in [3.63, 3.8) is 0 Å². The summed E-state index contributed by atoms with van der Waals surface area (Å²) in [6, 6.07) is 23.6. The molecule has 3 aromatic carbocycles. The third-order valence-corrected chi connectivity index (χ3v) is 8.38. The predicted molar refractivity (Wildman–Crippen MR) is 189 cm³/mol. The van der Waals surface area contributed by atoms with Gasteiger partial charge < -0.3 is 44.1 Å². The fourth-order valence-electron chi connectivity index (χ4n) is 5.32. The number of hydrogen-bond acceptors (Lipinski definition) is 10. The van der Waals surface area contributed by atoms with Crippen LogP contribution in [0.4, 0.5) is 10.5 Å². The Morgan fingerprint density at radius 3 is 2.20 bits per heavy atom. The van der Waals surface area contributed by atoms with Crippen molar-refractivity contribution in [2.75, 3.05) is 18.5 Å². The zero-order valence-electron chi connectivity index (χ0n) is 29.2. The minimum Gasteiger partial charge on any atom is -0.479 e. The van der Waals surface area contributed by atoms with Gasteiger partial charge in [0.25, 0.3) is 0 Å². The number of rotatable bonds is 18. The molecule has 0 aliphatic carbocycles. The topological polar surface area (TPSA) is 173 Å². The highest BCUT2D eigenvalue weighted by atomic mass is 16.7. The molecule has 1 aliphatic rings. The Kier molecular flexibility index (Phi) is 15.4. The van der Waals surface area contributed by atoms with Gasteiger partial charge in [-0.2, -0.15) is 0 Å². The van der Waals surface area contributed by atoms with E-state index in [1.54, 1.807) is 24.3 Å². The summed E-state index contributed by atoms with van der Waals surface area (Å²) >= 11 is 0. The molecule has 1 saturated heterocycles. The van der Waals surface area contributed by atoms with Crippen molar-refractivity contribution in [1.29, 1.82) is 0 Å². The summed E-state index contributed by atoms with van der Waals surface area (Å²) in [6.45, 7) is 7.44. The van der Waals surface area contributed by atoms with Gasteiger partial charge in [-0.25, -0.2) is 9.59 Å². The van der Waals surface area contributed by atoms with Crippen molar-refractivity contribution in [1.82, 2.24) is 0 Å². The fraction of sp³-hybridized carbons (Fsp3) is 0.436. The molecular weight excluding hydrogens is 658 g/mol. The molecule has 12 heteroatoms. The van der Waals surface area contributed by atoms with E-state index in [-0.39, 0.29) is 12.4 Å². The Hall–Kier alpha value is -4.30. The Morgan fingerprint density at radius 2 is 1.53 bits per heavy atom. The molecule has 0 bridgehead atoms. The van der Waals surface area contributed by atoms with Gasteiger partial charge in [-0.05, 0) is 80.8 Å². The van der Waals surface area contributed by atoms with Crippen LogP contribution in [0.5, 0.6) is 5.75 Å². The van der Waals surface area contributed by atoms with Gasteiger partial charge in [0.1, 0.15) is 30.7 Å². The molecule has 0 aromatic heterocycles. The Balaban J connectivity index is 1.26. The zero-order valence-corrected chi connectivity index (χ0v) is 29.2. The molecule has 2 unspecified atom stereocenters. The van der Waals surface area contributed by atoms with Gasteiger partial charge in [-0.1, -0.05) is 73.2 Å². The van der Waals surface area contributed by atoms with Crippen LogP contribution >= 0.6 is 0 Å². The number of aliphatic carboxylic acids is 1. The first kappa shape index (κ1) is 39.5. The number of carboxylic acid groups (broad SMARTS) is 1. The highest BCUT2D eigenvalue weighted by molar-refractivity contribution is 5.84. The van der Waals surface area contributed by atoms with E-state index in [2.05, 4.69) is 44.3 Å². The normalized spacial score (nSPS) is 21.3. The van der Waals surface area contributed by atoms with E-state index >= 15 is 0 Å². The van der Waals surface area contributed by atoms with E-state index in [1.807, 2.05) is 30.3 Å². The highest BCUT2D eigenvalue weighted by Gasteiger charge is 2.48. The van der Waals surface area contributed by atoms with Crippen molar-refractivity contribution < 1.29 is 53.7 Å². The van der Waals surface area contributed by atoms with Crippen molar-refractivity contribution in [2.45, 2.75) is 90.1 Å². The van der Waals surface area contributed by atoms with Crippen LogP contribution in [0.1, 0.15) is 63.0 Å². The van der Waals surface area contributed by atoms with Crippen LogP contribution in [0.2, 0.25) is 0 Å². The van der Waals surface area contributed by atoms with E-state index in [1.165, 1.54) is 23.3 Å². The van der Waals surface area contributed by atoms with Crippen LogP contribution in [0.25, 0.3) is 0 Å².